The van der Waals surface area contributed by atoms with E-state index in [-0.39, 0.29) is 6.10 Å². The zero-order chi connectivity index (χ0) is 14.3. The van der Waals surface area contributed by atoms with Crippen LogP contribution in [0.3, 0.4) is 0 Å². The lowest BCUT2D eigenvalue weighted by Gasteiger charge is -2.12. The third kappa shape index (κ3) is 5.21. The first-order chi connectivity index (χ1) is 9.12. The minimum absolute atomic E-state index is 0.179. The van der Waals surface area contributed by atoms with Crippen molar-refractivity contribution in [3.63, 3.8) is 0 Å². The number of aryl methyl sites for hydroxylation is 1. The number of nitrogens with zero attached hydrogens (tertiary/aromatic N) is 1. The average molecular weight is 284 g/mol. The van der Waals surface area contributed by atoms with Crippen molar-refractivity contribution in [3.8, 4) is 0 Å². The molecule has 0 aliphatic heterocycles. The molecule has 0 fully saturated rings. The van der Waals surface area contributed by atoms with Crippen molar-refractivity contribution < 1.29 is 4.74 Å². The van der Waals surface area contributed by atoms with Crippen molar-refractivity contribution in [2.24, 2.45) is 0 Å². The summed E-state index contributed by atoms with van der Waals surface area (Å²) in [5, 5.41) is 4.64. The molecule has 0 bridgehead atoms. The van der Waals surface area contributed by atoms with Crippen LogP contribution >= 0.6 is 11.3 Å². The smallest absolute Gasteiger partial charge is 0.122 e. The Labute approximate surface area is 121 Å². The summed E-state index contributed by atoms with van der Waals surface area (Å²) in [4.78, 5) is 6.17. The third-order valence-corrected chi connectivity index (χ3v) is 4.18. The van der Waals surface area contributed by atoms with E-state index in [1.54, 1.807) is 0 Å². The van der Waals surface area contributed by atoms with Crippen LogP contribution in [0.4, 0.5) is 0 Å². The van der Waals surface area contributed by atoms with E-state index in [2.05, 4.69) is 39.9 Å². The van der Waals surface area contributed by atoms with E-state index in [9.17, 15) is 0 Å². The lowest BCUT2D eigenvalue weighted by atomic mass is 10.2. The summed E-state index contributed by atoms with van der Waals surface area (Å²) in [6.45, 7) is 12.4. The summed E-state index contributed by atoms with van der Waals surface area (Å²) in [5.41, 5.74) is 1.23. The molecule has 1 rings (SSSR count). The van der Waals surface area contributed by atoms with Gasteiger partial charge in [0.1, 0.15) is 11.1 Å². The quantitative estimate of drug-likeness (QED) is 0.742. The molecule has 0 aromatic carbocycles. The van der Waals surface area contributed by atoms with Crippen LogP contribution in [0.15, 0.2) is 0 Å². The Hall–Kier alpha value is -0.450. The van der Waals surface area contributed by atoms with Crippen molar-refractivity contribution in [2.45, 2.75) is 72.6 Å². The molecule has 0 amide bonds. The Kier molecular flexibility index (Phi) is 7.57. The maximum atomic E-state index is 5.83. The molecule has 0 aliphatic rings. The topological polar surface area (TPSA) is 34.1 Å². The van der Waals surface area contributed by atoms with Gasteiger partial charge >= 0.3 is 0 Å². The second kappa shape index (κ2) is 8.67. The normalized spacial score (nSPS) is 13.2. The van der Waals surface area contributed by atoms with Gasteiger partial charge in [-0.3, -0.25) is 0 Å². The van der Waals surface area contributed by atoms with Gasteiger partial charge in [0.05, 0.1) is 5.69 Å². The zero-order valence-corrected chi connectivity index (χ0v) is 13.8. The molecule has 0 spiro atoms. The molecular formula is C15H28N2OS. The second-order valence-electron chi connectivity index (χ2n) is 5.04. The van der Waals surface area contributed by atoms with Gasteiger partial charge in [0.25, 0.3) is 0 Å². The molecule has 1 atom stereocenters. The van der Waals surface area contributed by atoms with Crippen LogP contribution in [0.5, 0.6) is 0 Å². The summed E-state index contributed by atoms with van der Waals surface area (Å²) in [6, 6.07) is 0.508. The molecule has 1 heterocycles. The molecule has 110 valence electrons. The van der Waals surface area contributed by atoms with Gasteiger partial charge in [0, 0.05) is 24.1 Å². The highest BCUT2D eigenvalue weighted by Crippen LogP contribution is 2.29. The van der Waals surface area contributed by atoms with Crippen LogP contribution in [-0.2, 0) is 17.7 Å². The van der Waals surface area contributed by atoms with Gasteiger partial charge < -0.3 is 10.1 Å². The van der Waals surface area contributed by atoms with Crippen LogP contribution in [0, 0.1) is 0 Å². The molecule has 1 unspecified atom stereocenters. The molecule has 1 N–H and O–H groups in total. The van der Waals surface area contributed by atoms with E-state index in [4.69, 9.17) is 9.72 Å². The molecule has 4 heteroatoms. The van der Waals surface area contributed by atoms with Crippen LogP contribution in [0.1, 0.15) is 69.1 Å². The largest absolute Gasteiger partial charge is 0.371 e. The van der Waals surface area contributed by atoms with E-state index in [0.29, 0.717) is 6.04 Å². The van der Waals surface area contributed by atoms with E-state index in [1.165, 1.54) is 10.6 Å². The van der Waals surface area contributed by atoms with Gasteiger partial charge in [0.2, 0.25) is 0 Å². The Morgan fingerprint density at radius 3 is 2.53 bits per heavy atom. The average Bonchev–Trinajstić information content (AvgIpc) is 2.79. The highest BCUT2D eigenvalue weighted by Gasteiger charge is 2.18. The molecular weight excluding hydrogens is 256 g/mol. The number of hydrogen-bond donors (Lipinski definition) is 1. The number of nitrogens with one attached hydrogen (secondary N) is 1. The van der Waals surface area contributed by atoms with Crippen molar-refractivity contribution in [1.82, 2.24) is 10.3 Å². The minimum Gasteiger partial charge on any atom is -0.371 e. The molecule has 3 nitrogen and oxygen atoms in total. The zero-order valence-electron chi connectivity index (χ0n) is 13.0. The van der Waals surface area contributed by atoms with Gasteiger partial charge in [-0.2, -0.15) is 0 Å². The van der Waals surface area contributed by atoms with Crippen LogP contribution in [0.25, 0.3) is 0 Å². The van der Waals surface area contributed by atoms with E-state index >= 15 is 0 Å². The van der Waals surface area contributed by atoms with Gasteiger partial charge in [-0.25, -0.2) is 4.98 Å². The monoisotopic (exact) mass is 284 g/mol. The molecule has 1 aromatic heterocycles. The molecule has 19 heavy (non-hydrogen) atoms. The first-order valence-corrected chi connectivity index (χ1v) is 8.27. The standard InChI is InChI=1S/C15H28N2OS/c1-6-9-13(18-8-3)15-17-12(7-2)14(19-15)10-16-11(4)5/h11,13,16H,6-10H2,1-5H3. The highest BCUT2D eigenvalue weighted by atomic mass is 32.1. The summed E-state index contributed by atoms with van der Waals surface area (Å²) in [6.07, 6.45) is 3.36. The van der Waals surface area contributed by atoms with Gasteiger partial charge in [-0.05, 0) is 19.8 Å². The van der Waals surface area contributed by atoms with Gasteiger partial charge in [-0.1, -0.05) is 34.1 Å². The Morgan fingerprint density at radius 2 is 2.00 bits per heavy atom. The molecule has 0 aliphatic carbocycles. The molecule has 1 aromatic rings. The van der Waals surface area contributed by atoms with Crippen molar-refractivity contribution >= 4 is 11.3 Å². The maximum Gasteiger partial charge on any atom is 0.122 e. The Morgan fingerprint density at radius 1 is 1.26 bits per heavy atom. The van der Waals surface area contributed by atoms with Crippen molar-refractivity contribution in [2.75, 3.05) is 6.61 Å². The Balaban J connectivity index is 2.83. The summed E-state index contributed by atoms with van der Waals surface area (Å²) in [7, 11) is 0. The SMILES string of the molecule is CCCC(OCC)c1nc(CC)c(CNC(C)C)s1. The number of ether oxygens (including phenoxy) is 1. The number of thiazole rings is 1. The maximum absolute atomic E-state index is 5.83. The fourth-order valence-electron chi connectivity index (χ4n) is 1.99. The van der Waals surface area contributed by atoms with Gasteiger partial charge in [0.15, 0.2) is 0 Å². The van der Waals surface area contributed by atoms with Gasteiger partial charge in [-0.15, -0.1) is 11.3 Å². The van der Waals surface area contributed by atoms with E-state index in [1.807, 2.05) is 11.3 Å². The fourth-order valence-corrected chi connectivity index (χ4v) is 3.18. The number of rotatable bonds is 9. The van der Waals surface area contributed by atoms with E-state index < -0.39 is 0 Å². The van der Waals surface area contributed by atoms with Crippen molar-refractivity contribution in [3.05, 3.63) is 15.6 Å². The van der Waals surface area contributed by atoms with Crippen LogP contribution in [0.2, 0.25) is 0 Å². The summed E-state index contributed by atoms with van der Waals surface area (Å²) >= 11 is 1.82. The molecule has 0 saturated heterocycles. The fraction of sp³-hybridized carbons (Fsp3) is 0.800. The van der Waals surface area contributed by atoms with Crippen LogP contribution < -0.4 is 5.32 Å². The predicted molar refractivity (Wildman–Crippen MR) is 82.7 cm³/mol. The minimum atomic E-state index is 0.179. The third-order valence-electron chi connectivity index (χ3n) is 2.99. The number of hydrogen-bond acceptors (Lipinski definition) is 4. The predicted octanol–water partition coefficient (Wildman–Crippen LogP) is 4.08. The first kappa shape index (κ1) is 16.6. The van der Waals surface area contributed by atoms with E-state index in [0.717, 1.165) is 37.4 Å². The van der Waals surface area contributed by atoms with Crippen molar-refractivity contribution in [1.29, 1.82) is 0 Å². The molecule has 0 saturated carbocycles. The van der Waals surface area contributed by atoms with Crippen LogP contribution in [-0.4, -0.2) is 17.6 Å². The highest BCUT2D eigenvalue weighted by molar-refractivity contribution is 7.11. The summed E-state index contributed by atoms with van der Waals surface area (Å²) < 4.78 is 5.83. The second-order valence-corrected chi connectivity index (χ2v) is 6.16. The summed E-state index contributed by atoms with van der Waals surface area (Å²) in [5.74, 6) is 0. The number of aromatic nitrogens is 1. The first-order valence-electron chi connectivity index (χ1n) is 7.45. The lowest BCUT2D eigenvalue weighted by molar-refractivity contribution is 0.0554. The Bertz CT molecular complexity index is 357. The lowest BCUT2D eigenvalue weighted by Crippen LogP contribution is -2.21. The molecule has 0 radical (unpaired) electrons.